The van der Waals surface area contributed by atoms with Gasteiger partial charge in [0.25, 0.3) is 0 Å². The smallest absolute Gasteiger partial charge is 0.404 e. The zero-order chi connectivity index (χ0) is 8.27. The van der Waals surface area contributed by atoms with Crippen molar-refractivity contribution in [2.24, 2.45) is 5.73 Å². The van der Waals surface area contributed by atoms with Crippen LogP contribution in [-0.4, -0.2) is 23.4 Å². The number of hydrogen-bond acceptors (Lipinski definition) is 3. The van der Waals surface area contributed by atoms with Gasteiger partial charge in [-0.15, -0.1) is 0 Å². The summed E-state index contributed by atoms with van der Waals surface area (Å²) in [5, 5.41) is 9.09. The molecule has 1 amide bonds. The summed E-state index contributed by atoms with van der Waals surface area (Å²) in [7, 11) is 0. The molecular formula is C7H13NO3. The minimum absolute atomic E-state index is 0.0732. The number of hydrogen-bond donors (Lipinski definition) is 2. The number of aliphatic hydroxyl groups excluding tert-OH is 1. The Balaban J connectivity index is 2.22. The summed E-state index contributed by atoms with van der Waals surface area (Å²) in [5.74, 6) is 0. The van der Waals surface area contributed by atoms with E-state index in [-0.39, 0.29) is 12.2 Å². The molecule has 1 saturated carbocycles. The predicted octanol–water partition coefficient (Wildman–Crippen LogP) is 0.385. The Labute approximate surface area is 65.3 Å². The lowest BCUT2D eigenvalue weighted by Gasteiger charge is -2.24. The highest BCUT2D eigenvalue weighted by Gasteiger charge is 2.21. The van der Waals surface area contributed by atoms with Crippen molar-refractivity contribution in [3.8, 4) is 0 Å². The second-order valence-electron chi connectivity index (χ2n) is 2.87. The summed E-state index contributed by atoms with van der Waals surface area (Å²) in [5.41, 5.74) is 4.83. The fraction of sp³-hybridized carbons (Fsp3) is 0.857. The van der Waals surface area contributed by atoms with Crippen LogP contribution in [0.15, 0.2) is 0 Å². The Morgan fingerprint density at radius 3 is 2.36 bits per heavy atom. The van der Waals surface area contributed by atoms with Gasteiger partial charge in [-0.2, -0.15) is 0 Å². The van der Waals surface area contributed by atoms with E-state index in [0.717, 1.165) is 12.8 Å². The molecule has 0 heterocycles. The van der Waals surface area contributed by atoms with Crippen LogP contribution in [-0.2, 0) is 4.74 Å². The van der Waals surface area contributed by atoms with E-state index in [1.165, 1.54) is 0 Å². The molecule has 11 heavy (non-hydrogen) atoms. The standard InChI is InChI=1S/C7H13NO3/c8-7(10)11-6-3-1-5(9)2-4-6/h5-6,9H,1-4H2,(H2,8,10)/t5-,6+. The van der Waals surface area contributed by atoms with Crippen molar-refractivity contribution in [2.75, 3.05) is 0 Å². The lowest BCUT2D eigenvalue weighted by atomic mass is 9.95. The lowest BCUT2D eigenvalue weighted by Crippen LogP contribution is -2.28. The highest BCUT2D eigenvalue weighted by Crippen LogP contribution is 2.20. The van der Waals surface area contributed by atoms with E-state index in [1.54, 1.807) is 0 Å². The number of aliphatic hydroxyl groups is 1. The Bertz CT molecular complexity index is 141. The predicted molar refractivity (Wildman–Crippen MR) is 38.9 cm³/mol. The van der Waals surface area contributed by atoms with Gasteiger partial charge >= 0.3 is 6.09 Å². The third-order valence-corrected chi connectivity index (χ3v) is 1.93. The zero-order valence-corrected chi connectivity index (χ0v) is 6.32. The summed E-state index contributed by atoms with van der Waals surface area (Å²) < 4.78 is 4.77. The van der Waals surface area contributed by atoms with Crippen molar-refractivity contribution < 1.29 is 14.6 Å². The Kier molecular flexibility index (Phi) is 2.70. The monoisotopic (exact) mass is 159 g/mol. The summed E-state index contributed by atoms with van der Waals surface area (Å²) >= 11 is 0. The van der Waals surface area contributed by atoms with Crippen LogP contribution in [0, 0.1) is 0 Å². The third kappa shape index (κ3) is 2.76. The van der Waals surface area contributed by atoms with Gasteiger partial charge in [0, 0.05) is 0 Å². The van der Waals surface area contributed by atoms with E-state index in [2.05, 4.69) is 0 Å². The molecule has 4 heteroatoms. The van der Waals surface area contributed by atoms with E-state index in [1.807, 2.05) is 0 Å². The number of carbonyl (C=O) groups excluding carboxylic acids is 1. The number of nitrogens with two attached hydrogens (primary N) is 1. The molecule has 1 fully saturated rings. The van der Waals surface area contributed by atoms with Gasteiger partial charge in [-0.3, -0.25) is 0 Å². The van der Waals surface area contributed by atoms with Gasteiger partial charge in [0.05, 0.1) is 6.10 Å². The lowest BCUT2D eigenvalue weighted by molar-refractivity contribution is 0.0382. The number of primary amides is 1. The molecule has 0 unspecified atom stereocenters. The van der Waals surface area contributed by atoms with E-state index in [4.69, 9.17) is 15.6 Å². The summed E-state index contributed by atoms with van der Waals surface area (Å²) in [4.78, 5) is 10.3. The Morgan fingerprint density at radius 1 is 1.36 bits per heavy atom. The molecule has 0 saturated heterocycles. The van der Waals surface area contributed by atoms with Crippen LogP contribution >= 0.6 is 0 Å². The van der Waals surface area contributed by atoms with E-state index >= 15 is 0 Å². The van der Waals surface area contributed by atoms with E-state index in [9.17, 15) is 4.79 Å². The normalized spacial score (nSPS) is 31.4. The molecule has 0 bridgehead atoms. The molecule has 0 atom stereocenters. The molecule has 4 nitrogen and oxygen atoms in total. The SMILES string of the molecule is NC(=O)O[C@H]1CC[C@@H](O)CC1. The van der Waals surface area contributed by atoms with Gasteiger partial charge in [0.1, 0.15) is 6.10 Å². The second-order valence-corrected chi connectivity index (χ2v) is 2.87. The molecule has 1 rings (SSSR count). The second kappa shape index (κ2) is 3.57. The van der Waals surface area contributed by atoms with Crippen molar-refractivity contribution in [1.82, 2.24) is 0 Å². The number of carbonyl (C=O) groups is 1. The molecule has 0 aromatic heterocycles. The maximum Gasteiger partial charge on any atom is 0.404 e. The van der Waals surface area contributed by atoms with Crippen LogP contribution in [0.5, 0.6) is 0 Å². The highest BCUT2D eigenvalue weighted by atomic mass is 16.6. The molecule has 0 radical (unpaired) electrons. The fourth-order valence-electron chi connectivity index (χ4n) is 1.33. The first-order valence-electron chi connectivity index (χ1n) is 3.82. The topological polar surface area (TPSA) is 72.6 Å². The van der Waals surface area contributed by atoms with Crippen LogP contribution in [0.1, 0.15) is 25.7 Å². The average Bonchev–Trinajstić information content (AvgIpc) is 1.93. The minimum atomic E-state index is -0.716. The van der Waals surface area contributed by atoms with Crippen LogP contribution in [0.4, 0.5) is 4.79 Å². The van der Waals surface area contributed by atoms with Gasteiger partial charge in [0.15, 0.2) is 0 Å². The number of rotatable bonds is 1. The Morgan fingerprint density at radius 2 is 1.91 bits per heavy atom. The molecule has 0 aromatic carbocycles. The van der Waals surface area contributed by atoms with Crippen LogP contribution in [0.2, 0.25) is 0 Å². The van der Waals surface area contributed by atoms with Crippen LogP contribution < -0.4 is 5.73 Å². The summed E-state index contributed by atoms with van der Waals surface area (Å²) in [6.07, 6.45) is 1.86. The van der Waals surface area contributed by atoms with Gasteiger partial charge in [-0.05, 0) is 25.7 Å². The van der Waals surface area contributed by atoms with Gasteiger partial charge in [0.2, 0.25) is 0 Å². The van der Waals surface area contributed by atoms with Gasteiger partial charge in [-0.25, -0.2) is 4.79 Å². The average molecular weight is 159 g/mol. The molecule has 1 aliphatic carbocycles. The summed E-state index contributed by atoms with van der Waals surface area (Å²) in [6.45, 7) is 0. The van der Waals surface area contributed by atoms with Crippen LogP contribution in [0.25, 0.3) is 0 Å². The maximum absolute atomic E-state index is 10.3. The molecule has 0 aliphatic heterocycles. The first-order valence-corrected chi connectivity index (χ1v) is 3.82. The summed E-state index contributed by atoms with van der Waals surface area (Å²) in [6, 6.07) is 0. The van der Waals surface area contributed by atoms with E-state index in [0.29, 0.717) is 12.8 Å². The quantitative estimate of drug-likeness (QED) is 0.581. The molecule has 1 aliphatic rings. The van der Waals surface area contributed by atoms with Crippen molar-refractivity contribution in [3.63, 3.8) is 0 Å². The molecule has 0 spiro atoms. The molecule has 0 aromatic rings. The maximum atomic E-state index is 10.3. The molecule has 64 valence electrons. The van der Waals surface area contributed by atoms with Crippen molar-refractivity contribution >= 4 is 6.09 Å². The number of ether oxygens (including phenoxy) is 1. The largest absolute Gasteiger partial charge is 0.446 e. The zero-order valence-electron chi connectivity index (χ0n) is 6.32. The first kappa shape index (κ1) is 8.33. The van der Waals surface area contributed by atoms with Crippen molar-refractivity contribution in [1.29, 1.82) is 0 Å². The van der Waals surface area contributed by atoms with Crippen molar-refractivity contribution in [2.45, 2.75) is 37.9 Å². The van der Waals surface area contributed by atoms with Gasteiger partial charge in [-0.1, -0.05) is 0 Å². The fourth-order valence-corrected chi connectivity index (χ4v) is 1.33. The third-order valence-electron chi connectivity index (χ3n) is 1.93. The highest BCUT2D eigenvalue weighted by molar-refractivity contribution is 5.64. The van der Waals surface area contributed by atoms with Crippen LogP contribution in [0.3, 0.4) is 0 Å². The molecule has 3 N–H and O–H groups in total. The van der Waals surface area contributed by atoms with E-state index < -0.39 is 6.09 Å². The van der Waals surface area contributed by atoms with Crippen molar-refractivity contribution in [3.05, 3.63) is 0 Å². The Hall–Kier alpha value is -0.770. The number of amides is 1. The minimum Gasteiger partial charge on any atom is -0.446 e. The van der Waals surface area contributed by atoms with Gasteiger partial charge < -0.3 is 15.6 Å². The first-order chi connectivity index (χ1) is 5.18. The molecular weight excluding hydrogens is 146 g/mol.